The van der Waals surface area contributed by atoms with E-state index in [0.29, 0.717) is 12.0 Å². The monoisotopic (exact) mass is 414 g/mol. The largest absolute Gasteiger partial charge is 0.429 e. The molecule has 0 bridgehead atoms. The van der Waals surface area contributed by atoms with Crippen LogP contribution in [0, 0.1) is 11.6 Å². The van der Waals surface area contributed by atoms with Crippen molar-refractivity contribution in [2.24, 2.45) is 0 Å². The summed E-state index contributed by atoms with van der Waals surface area (Å²) in [5.41, 5.74) is 2.74. The van der Waals surface area contributed by atoms with Crippen molar-refractivity contribution >= 4 is 0 Å². The number of halogens is 4. The molecule has 0 unspecified atom stereocenters. The van der Waals surface area contributed by atoms with Gasteiger partial charge >= 0.3 is 6.11 Å². The second kappa shape index (κ2) is 8.50. The summed E-state index contributed by atoms with van der Waals surface area (Å²) < 4.78 is 59.7. The van der Waals surface area contributed by atoms with Crippen LogP contribution in [-0.4, -0.2) is 0 Å². The summed E-state index contributed by atoms with van der Waals surface area (Å²) in [5, 5.41) is 0. The molecule has 0 amide bonds. The number of hydrogen-bond acceptors (Lipinski definition) is 1. The number of ether oxygens (including phenoxy) is 1. The lowest BCUT2D eigenvalue weighted by Crippen LogP contribution is -2.21. The van der Waals surface area contributed by atoms with E-state index in [9.17, 15) is 17.6 Å². The standard InChI is InChI=1S/C25H22F4O/c26-23-15-14-22(16-24(23)27)30-25(28,29)21-12-10-20(11-13-21)19-8-6-18(7-9-19)17-4-2-1-3-5-17/h6-17H,1-5H2. The van der Waals surface area contributed by atoms with E-state index in [2.05, 4.69) is 16.9 Å². The molecule has 0 radical (unpaired) electrons. The van der Waals surface area contributed by atoms with E-state index in [4.69, 9.17) is 0 Å². The Morgan fingerprint density at radius 3 is 1.90 bits per heavy atom. The van der Waals surface area contributed by atoms with E-state index in [1.807, 2.05) is 12.1 Å². The zero-order chi connectivity index (χ0) is 21.1. The van der Waals surface area contributed by atoms with Crippen molar-refractivity contribution in [3.8, 4) is 16.9 Å². The van der Waals surface area contributed by atoms with E-state index in [0.717, 1.165) is 23.3 Å². The average Bonchev–Trinajstić information content (AvgIpc) is 2.77. The van der Waals surface area contributed by atoms with Gasteiger partial charge in [-0.15, -0.1) is 0 Å². The third-order valence-corrected chi connectivity index (χ3v) is 5.68. The topological polar surface area (TPSA) is 9.23 Å². The van der Waals surface area contributed by atoms with Gasteiger partial charge in [-0.2, -0.15) is 8.78 Å². The smallest absolute Gasteiger partial charge is 0.426 e. The van der Waals surface area contributed by atoms with Crippen molar-refractivity contribution in [1.82, 2.24) is 0 Å². The number of benzene rings is 3. The van der Waals surface area contributed by atoms with E-state index < -0.39 is 23.5 Å². The van der Waals surface area contributed by atoms with Crippen molar-refractivity contribution < 1.29 is 22.3 Å². The van der Waals surface area contributed by atoms with Crippen molar-refractivity contribution in [3.63, 3.8) is 0 Å². The number of rotatable bonds is 5. The lowest BCUT2D eigenvalue weighted by atomic mass is 9.84. The van der Waals surface area contributed by atoms with Gasteiger partial charge in [-0.25, -0.2) is 8.78 Å². The molecule has 1 fully saturated rings. The molecule has 0 heterocycles. The fraction of sp³-hybridized carbons (Fsp3) is 0.280. The zero-order valence-electron chi connectivity index (χ0n) is 16.4. The van der Waals surface area contributed by atoms with Crippen molar-refractivity contribution in [2.45, 2.75) is 44.1 Å². The Morgan fingerprint density at radius 1 is 0.700 bits per heavy atom. The van der Waals surface area contributed by atoms with Crippen LogP contribution in [0.3, 0.4) is 0 Å². The van der Waals surface area contributed by atoms with E-state index in [-0.39, 0.29) is 5.56 Å². The maximum absolute atomic E-state index is 14.4. The predicted octanol–water partition coefficient (Wildman–Crippen LogP) is 7.81. The van der Waals surface area contributed by atoms with Crippen LogP contribution in [-0.2, 0) is 6.11 Å². The quantitative estimate of drug-likeness (QED) is 0.387. The van der Waals surface area contributed by atoms with E-state index >= 15 is 0 Å². The first-order valence-corrected chi connectivity index (χ1v) is 10.2. The van der Waals surface area contributed by atoms with Crippen LogP contribution in [0.5, 0.6) is 5.75 Å². The van der Waals surface area contributed by atoms with Crippen LogP contribution in [0.15, 0.2) is 66.7 Å². The van der Waals surface area contributed by atoms with Crippen LogP contribution in [0.1, 0.15) is 49.1 Å². The maximum atomic E-state index is 14.4. The normalized spacial score (nSPS) is 15.2. The van der Waals surface area contributed by atoms with Gasteiger partial charge in [0.2, 0.25) is 0 Å². The highest BCUT2D eigenvalue weighted by Gasteiger charge is 2.34. The molecular formula is C25H22F4O. The second-order valence-electron chi connectivity index (χ2n) is 7.73. The summed E-state index contributed by atoms with van der Waals surface area (Å²) in [6.07, 6.45) is 2.63. The van der Waals surface area contributed by atoms with Gasteiger partial charge in [-0.3, -0.25) is 0 Å². The maximum Gasteiger partial charge on any atom is 0.426 e. The van der Waals surface area contributed by atoms with Crippen molar-refractivity contribution in [3.05, 3.63) is 89.5 Å². The summed E-state index contributed by atoms with van der Waals surface area (Å²) in [7, 11) is 0. The molecule has 1 aliphatic carbocycles. The minimum Gasteiger partial charge on any atom is -0.429 e. The summed E-state index contributed by atoms with van der Waals surface area (Å²) in [4.78, 5) is 0. The van der Waals surface area contributed by atoms with Gasteiger partial charge in [0, 0.05) is 6.07 Å². The van der Waals surface area contributed by atoms with Crippen LogP contribution >= 0.6 is 0 Å². The highest BCUT2D eigenvalue weighted by atomic mass is 19.3. The average molecular weight is 414 g/mol. The second-order valence-corrected chi connectivity index (χ2v) is 7.73. The molecule has 0 aromatic heterocycles. The first-order chi connectivity index (χ1) is 14.4. The third-order valence-electron chi connectivity index (χ3n) is 5.68. The Balaban J connectivity index is 1.48. The van der Waals surface area contributed by atoms with Crippen LogP contribution in [0.25, 0.3) is 11.1 Å². The van der Waals surface area contributed by atoms with Gasteiger partial charge in [-0.1, -0.05) is 55.7 Å². The molecule has 5 heteroatoms. The Hall–Kier alpha value is -2.82. The Morgan fingerprint density at radius 2 is 1.30 bits per heavy atom. The zero-order valence-corrected chi connectivity index (χ0v) is 16.4. The molecule has 1 aliphatic rings. The Bertz CT molecular complexity index is 991. The van der Waals surface area contributed by atoms with Gasteiger partial charge in [0.1, 0.15) is 5.75 Å². The molecule has 1 nitrogen and oxygen atoms in total. The van der Waals surface area contributed by atoms with Crippen molar-refractivity contribution in [1.29, 1.82) is 0 Å². The minimum absolute atomic E-state index is 0.366. The highest BCUT2D eigenvalue weighted by molar-refractivity contribution is 5.64. The molecule has 4 rings (SSSR count). The first-order valence-electron chi connectivity index (χ1n) is 10.2. The van der Waals surface area contributed by atoms with Crippen molar-refractivity contribution in [2.75, 3.05) is 0 Å². The number of hydrogen-bond donors (Lipinski definition) is 0. The Kier molecular flexibility index (Phi) is 5.80. The number of alkyl halides is 2. The SMILES string of the molecule is Fc1ccc(OC(F)(F)c2ccc(-c3ccc(C4CCCCC4)cc3)cc2)cc1F. The molecule has 156 valence electrons. The fourth-order valence-electron chi connectivity index (χ4n) is 3.99. The van der Waals surface area contributed by atoms with Crippen LogP contribution in [0.2, 0.25) is 0 Å². The summed E-state index contributed by atoms with van der Waals surface area (Å²) in [6, 6.07) is 16.4. The highest BCUT2D eigenvalue weighted by Crippen LogP contribution is 2.35. The molecule has 3 aromatic rings. The lowest BCUT2D eigenvalue weighted by Gasteiger charge is -2.22. The predicted molar refractivity (Wildman–Crippen MR) is 109 cm³/mol. The molecule has 0 spiro atoms. The van der Waals surface area contributed by atoms with Crippen LogP contribution < -0.4 is 4.74 Å². The molecule has 1 saturated carbocycles. The van der Waals surface area contributed by atoms with Gasteiger partial charge in [0.15, 0.2) is 11.6 Å². The minimum atomic E-state index is -3.67. The van der Waals surface area contributed by atoms with E-state index in [1.54, 1.807) is 12.1 Å². The lowest BCUT2D eigenvalue weighted by molar-refractivity contribution is -0.185. The summed E-state index contributed by atoms with van der Waals surface area (Å²) in [6.45, 7) is 0. The van der Waals surface area contributed by atoms with Gasteiger partial charge in [0.25, 0.3) is 0 Å². The Labute approximate surface area is 173 Å². The third kappa shape index (κ3) is 4.50. The molecule has 3 aromatic carbocycles. The van der Waals surface area contributed by atoms with Gasteiger partial charge in [0.05, 0.1) is 5.56 Å². The molecule has 0 aliphatic heterocycles. The van der Waals surface area contributed by atoms with E-state index in [1.165, 1.54) is 49.8 Å². The molecule has 0 saturated heterocycles. The molecular weight excluding hydrogens is 392 g/mol. The first kappa shape index (κ1) is 20.5. The van der Waals surface area contributed by atoms with Gasteiger partial charge in [-0.05, 0) is 59.7 Å². The van der Waals surface area contributed by atoms with Gasteiger partial charge < -0.3 is 4.74 Å². The fourth-order valence-corrected chi connectivity index (χ4v) is 3.99. The van der Waals surface area contributed by atoms with Crippen LogP contribution in [0.4, 0.5) is 17.6 Å². The molecule has 0 atom stereocenters. The summed E-state index contributed by atoms with van der Waals surface area (Å²) >= 11 is 0. The molecule has 0 N–H and O–H groups in total. The summed E-state index contributed by atoms with van der Waals surface area (Å²) in [5.74, 6) is -2.19. The molecule has 30 heavy (non-hydrogen) atoms.